The van der Waals surface area contributed by atoms with E-state index in [1.807, 2.05) is 13.8 Å². The van der Waals surface area contributed by atoms with Gasteiger partial charge in [0.15, 0.2) is 0 Å². The van der Waals surface area contributed by atoms with Gasteiger partial charge >= 0.3 is 11.9 Å². The lowest BCUT2D eigenvalue weighted by Gasteiger charge is -2.11. The van der Waals surface area contributed by atoms with Crippen LogP contribution in [0.2, 0.25) is 0 Å². The fourth-order valence-electron chi connectivity index (χ4n) is 2.08. The van der Waals surface area contributed by atoms with Crippen molar-refractivity contribution in [2.75, 3.05) is 0 Å². The molecular formula is C18H37NO4. The molecule has 0 aromatic heterocycles. The maximum atomic E-state index is 10.2. The molecule has 4 N–H and O–H groups in total. The lowest BCUT2D eigenvalue weighted by atomic mass is 10.0. The monoisotopic (exact) mass is 331 g/mol. The van der Waals surface area contributed by atoms with Crippen molar-refractivity contribution < 1.29 is 19.8 Å². The van der Waals surface area contributed by atoms with Gasteiger partial charge in [0.05, 0.1) is 0 Å². The molecular weight excluding hydrogens is 294 g/mol. The van der Waals surface area contributed by atoms with E-state index in [-0.39, 0.29) is 5.92 Å². The maximum Gasteiger partial charge on any atom is 0.320 e. The third-order valence-corrected chi connectivity index (χ3v) is 4.04. The van der Waals surface area contributed by atoms with Crippen molar-refractivity contribution in [2.45, 2.75) is 97.4 Å². The summed E-state index contributed by atoms with van der Waals surface area (Å²) in [7, 11) is 0. The summed E-state index contributed by atoms with van der Waals surface area (Å²) in [5, 5.41) is 16.8. The minimum Gasteiger partial charge on any atom is -0.481 e. The largest absolute Gasteiger partial charge is 0.481 e. The van der Waals surface area contributed by atoms with Gasteiger partial charge in [-0.05, 0) is 12.3 Å². The van der Waals surface area contributed by atoms with Crippen LogP contribution in [-0.2, 0) is 9.59 Å². The van der Waals surface area contributed by atoms with Crippen LogP contribution < -0.4 is 5.73 Å². The van der Waals surface area contributed by atoms with Gasteiger partial charge in [-0.25, -0.2) is 0 Å². The van der Waals surface area contributed by atoms with Crippen molar-refractivity contribution in [1.82, 2.24) is 0 Å². The van der Waals surface area contributed by atoms with Gasteiger partial charge in [-0.3, -0.25) is 9.59 Å². The summed E-state index contributed by atoms with van der Waals surface area (Å²) in [6.45, 7) is 5.98. The van der Waals surface area contributed by atoms with E-state index in [0.29, 0.717) is 6.42 Å². The summed E-state index contributed by atoms with van der Waals surface area (Å²) < 4.78 is 0. The minimum atomic E-state index is -0.913. The van der Waals surface area contributed by atoms with E-state index in [4.69, 9.17) is 15.9 Å². The summed E-state index contributed by atoms with van der Waals surface area (Å²) >= 11 is 0. The summed E-state index contributed by atoms with van der Waals surface area (Å²) in [6, 6.07) is -0.699. The molecule has 5 nitrogen and oxygen atoms in total. The van der Waals surface area contributed by atoms with E-state index in [1.165, 1.54) is 44.9 Å². The first-order valence-electron chi connectivity index (χ1n) is 9.06. The summed E-state index contributed by atoms with van der Waals surface area (Å²) in [4.78, 5) is 20.4. The summed E-state index contributed by atoms with van der Waals surface area (Å²) in [6.07, 6.45) is 12.3. The molecule has 0 rings (SSSR count). The van der Waals surface area contributed by atoms with Crippen LogP contribution in [-0.4, -0.2) is 28.2 Å². The van der Waals surface area contributed by atoms with Gasteiger partial charge < -0.3 is 15.9 Å². The Morgan fingerprint density at radius 3 is 1.61 bits per heavy atom. The lowest BCUT2D eigenvalue weighted by Crippen LogP contribution is -2.36. The van der Waals surface area contributed by atoms with Crippen molar-refractivity contribution in [3.8, 4) is 0 Å². The number of carbonyl (C=O) groups is 2. The smallest absolute Gasteiger partial charge is 0.320 e. The molecule has 0 unspecified atom stereocenters. The predicted molar refractivity (Wildman–Crippen MR) is 94.5 cm³/mol. The average molecular weight is 331 g/mol. The molecule has 0 saturated carbocycles. The molecule has 0 aliphatic heterocycles. The van der Waals surface area contributed by atoms with Gasteiger partial charge in [-0.15, -0.1) is 0 Å². The quantitative estimate of drug-likeness (QED) is 0.433. The van der Waals surface area contributed by atoms with Gasteiger partial charge in [-0.2, -0.15) is 0 Å². The maximum absolute atomic E-state index is 10.2. The summed E-state index contributed by atoms with van der Waals surface area (Å²) in [5.41, 5.74) is 5.27. The van der Waals surface area contributed by atoms with Crippen LogP contribution in [0.1, 0.15) is 91.4 Å². The van der Waals surface area contributed by atoms with Crippen LogP contribution in [0, 0.1) is 5.92 Å². The van der Waals surface area contributed by atoms with E-state index in [0.717, 1.165) is 19.3 Å². The Balaban J connectivity index is 0. The van der Waals surface area contributed by atoms with Gasteiger partial charge in [0.2, 0.25) is 0 Å². The molecule has 0 radical (unpaired) electrons. The number of carboxylic acids is 2. The van der Waals surface area contributed by atoms with Crippen LogP contribution in [0.15, 0.2) is 0 Å². The van der Waals surface area contributed by atoms with Crippen LogP contribution >= 0.6 is 0 Å². The second-order valence-corrected chi connectivity index (χ2v) is 6.22. The zero-order valence-electron chi connectivity index (χ0n) is 15.2. The first kappa shape index (κ1) is 24.2. The molecule has 138 valence electrons. The molecule has 0 aromatic rings. The molecule has 0 aliphatic rings. The Bertz CT molecular complexity index is 295. The Kier molecular flexibility index (Phi) is 18.1. The topological polar surface area (TPSA) is 101 Å². The third kappa shape index (κ3) is 18.9. The molecule has 0 fully saturated rings. The average Bonchev–Trinajstić information content (AvgIpc) is 2.52. The lowest BCUT2D eigenvalue weighted by molar-refractivity contribution is -0.140. The highest BCUT2D eigenvalue weighted by Crippen LogP contribution is 2.10. The third-order valence-electron chi connectivity index (χ3n) is 4.04. The highest BCUT2D eigenvalue weighted by Gasteiger charge is 2.17. The van der Waals surface area contributed by atoms with Crippen LogP contribution in [0.5, 0.6) is 0 Å². The van der Waals surface area contributed by atoms with Gasteiger partial charge in [0.25, 0.3) is 0 Å². The number of carboxylic acid groups (broad SMARTS) is 2. The van der Waals surface area contributed by atoms with Crippen molar-refractivity contribution in [3.63, 3.8) is 0 Å². The molecule has 5 heteroatoms. The minimum absolute atomic E-state index is 0.0718. The number of hydrogen-bond donors (Lipinski definition) is 3. The highest BCUT2D eigenvalue weighted by atomic mass is 16.4. The van der Waals surface area contributed by atoms with Gasteiger partial charge in [-0.1, -0.05) is 78.6 Å². The molecule has 0 saturated heterocycles. The number of unbranched alkanes of at least 4 members (excludes halogenated alkanes) is 8. The number of aliphatic carboxylic acids is 2. The predicted octanol–water partition coefficient (Wildman–Crippen LogP) is 4.44. The van der Waals surface area contributed by atoms with E-state index in [1.54, 1.807) is 0 Å². The first-order valence-corrected chi connectivity index (χ1v) is 9.06. The molecule has 0 heterocycles. The number of rotatable bonds is 13. The zero-order valence-corrected chi connectivity index (χ0v) is 15.2. The van der Waals surface area contributed by atoms with Crippen molar-refractivity contribution in [1.29, 1.82) is 0 Å². The Morgan fingerprint density at radius 1 is 0.870 bits per heavy atom. The second-order valence-electron chi connectivity index (χ2n) is 6.22. The van der Waals surface area contributed by atoms with E-state index >= 15 is 0 Å². The summed E-state index contributed by atoms with van der Waals surface area (Å²) in [5.74, 6) is -1.50. The van der Waals surface area contributed by atoms with Crippen molar-refractivity contribution >= 4 is 11.9 Å². The molecule has 0 amide bonds. The van der Waals surface area contributed by atoms with Crippen molar-refractivity contribution in [3.05, 3.63) is 0 Å². The number of nitrogens with two attached hydrogens (primary N) is 1. The Morgan fingerprint density at radius 2 is 1.30 bits per heavy atom. The van der Waals surface area contributed by atoms with Gasteiger partial charge in [0.1, 0.15) is 6.04 Å². The molecule has 0 bridgehead atoms. The van der Waals surface area contributed by atoms with Crippen molar-refractivity contribution in [2.24, 2.45) is 11.7 Å². The fourth-order valence-corrected chi connectivity index (χ4v) is 2.08. The SMILES string of the molecule is CCCCCCCCCCCC(=O)O.CC[C@H](C)[C@H](N)C(=O)O. The Hall–Kier alpha value is -1.10. The number of hydrogen-bond acceptors (Lipinski definition) is 3. The van der Waals surface area contributed by atoms with Crippen LogP contribution in [0.25, 0.3) is 0 Å². The standard InChI is InChI=1S/C12H24O2.C6H13NO2/c1-2-3-4-5-6-7-8-9-10-11-12(13)14;1-3-4(2)5(7)6(8)9/h2-11H2,1H3,(H,13,14);4-5H,3,7H2,1-2H3,(H,8,9)/t;4-,5-/m.0/s1. The van der Waals surface area contributed by atoms with E-state index < -0.39 is 18.0 Å². The molecule has 0 aliphatic carbocycles. The molecule has 0 spiro atoms. The highest BCUT2D eigenvalue weighted by molar-refractivity contribution is 5.73. The van der Waals surface area contributed by atoms with Crippen LogP contribution in [0.3, 0.4) is 0 Å². The Labute approximate surface area is 141 Å². The molecule has 0 aromatic carbocycles. The molecule has 23 heavy (non-hydrogen) atoms. The molecule has 2 atom stereocenters. The zero-order chi connectivity index (χ0) is 18.1. The second kappa shape index (κ2) is 17.3. The van der Waals surface area contributed by atoms with E-state index in [2.05, 4.69) is 6.92 Å². The fraction of sp³-hybridized carbons (Fsp3) is 0.889. The van der Waals surface area contributed by atoms with Crippen LogP contribution in [0.4, 0.5) is 0 Å². The normalized spacial score (nSPS) is 12.9. The van der Waals surface area contributed by atoms with E-state index in [9.17, 15) is 9.59 Å². The van der Waals surface area contributed by atoms with Gasteiger partial charge in [0, 0.05) is 6.42 Å². The first-order chi connectivity index (χ1) is 10.9.